The smallest absolute Gasteiger partial charge is 0.407 e. The number of hydrogen-bond donors (Lipinski definition) is 2. The summed E-state index contributed by atoms with van der Waals surface area (Å²) in [5.74, 6) is 0. The van der Waals surface area contributed by atoms with Crippen LogP contribution in [0.2, 0.25) is 0 Å². The number of alkyl carbamates (subject to hydrolysis) is 1. The number of ether oxygens (including phenoxy) is 1. The maximum atomic E-state index is 11.8. The molecule has 5 nitrogen and oxygen atoms in total. The summed E-state index contributed by atoms with van der Waals surface area (Å²) in [6.45, 7) is 1.66. The highest BCUT2D eigenvalue weighted by molar-refractivity contribution is 5.68. The molecule has 0 bridgehead atoms. The largest absolute Gasteiger partial charge is 0.445 e. The molecular formula is C14H17N3O2. The van der Waals surface area contributed by atoms with Crippen molar-refractivity contribution in [3.63, 3.8) is 0 Å². The maximum Gasteiger partial charge on any atom is 0.407 e. The number of carbonyl (C=O) groups excluding carboxylic acids is 1. The predicted octanol–water partition coefficient (Wildman–Crippen LogP) is 1.56. The number of nitriles is 1. The molecule has 0 aromatic heterocycles. The van der Waals surface area contributed by atoms with Crippen LogP contribution in [0.5, 0.6) is 0 Å². The molecule has 2 rings (SSSR count). The average molecular weight is 259 g/mol. The molecule has 1 aromatic carbocycles. The van der Waals surface area contributed by atoms with Crippen LogP contribution < -0.4 is 10.6 Å². The Labute approximate surface area is 112 Å². The van der Waals surface area contributed by atoms with Gasteiger partial charge in [-0.3, -0.25) is 0 Å². The Morgan fingerprint density at radius 3 is 2.89 bits per heavy atom. The van der Waals surface area contributed by atoms with E-state index in [0.717, 1.165) is 18.5 Å². The molecule has 1 fully saturated rings. The van der Waals surface area contributed by atoms with Gasteiger partial charge in [-0.25, -0.2) is 4.79 Å². The zero-order valence-corrected chi connectivity index (χ0v) is 10.7. The van der Waals surface area contributed by atoms with Gasteiger partial charge in [-0.2, -0.15) is 5.26 Å². The van der Waals surface area contributed by atoms with Crippen molar-refractivity contribution in [2.75, 3.05) is 13.1 Å². The number of benzene rings is 1. The second kappa shape index (κ2) is 6.21. The highest BCUT2D eigenvalue weighted by Crippen LogP contribution is 2.18. The topological polar surface area (TPSA) is 74.2 Å². The number of rotatable bonds is 4. The third kappa shape index (κ3) is 3.70. The summed E-state index contributed by atoms with van der Waals surface area (Å²) in [6.07, 6.45) is 0.573. The fourth-order valence-corrected chi connectivity index (χ4v) is 2.17. The average Bonchev–Trinajstić information content (AvgIpc) is 2.86. The Morgan fingerprint density at radius 2 is 2.26 bits per heavy atom. The molecule has 1 heterocycles. The highest BCUT2D eigenvalue weighted by Gasteiger charge is 2.35. The minimum Gasteiger partial charge on any atom is -0.445 e. The first kappa shape index (κ1) is 13.4. The van der Waals surface area contributed by atoms with Gasteiger partial charge in [-0.05, 0) is 18.5 Å². The number of amides is 1. The Kier molecular flexibility index (Phi) is 4.37. The number of nitrogens with one attached hydrogen (secondary N) is 2. The summed E-state index contributed by atoms with van der Waals surface area (Å²) < 4.78 is 5.17. The summed E-state index contributed by atoms with van der Waals surface area (Å²) in [6, 6.07) is 11.6. The molecule has 1 saturated heterocycles. The van der Waals surface area contributed by atoms with Crippen molar-refractivity contribution in [2.24, 2.45) is 0 Å². The Morgan fingerprint density at radius 1 is 1.47 bits per heavy atom. The van der Waals surface area contributed by atoms with E-state index in [1.54, 1.807) is 0 Å². The molecule has 1 aromatic rings. The fraction of sp³-hybridized carbons (Fsp3) is 0.429. The van der Waals surface area contributed by atoms with Crippen LogP contribution in [0, 0.1) is 11.3 Å². The third-order valence-electron chi connectivity index (χ3n) is 3.24. The van der Waals surface area contributed by atoms with Crippen LogP contribution >= 0.6 is 0 Å². The van der Waals surface area contributed by atoms with Crippen molar-refractivity contribution in [2.45, 2.75) is 25.0 Å². The first-order chi connectivity index (χ1) is 9.24. The van der Waals surface area contributed by atoms with Gasteiger partial charge in [0.15, 0.2) is 0 Å². The standard InChI is InChI=1S/C14H17N3O2/c15-8-6-14(7-9-16-11-14)17-13(18)19-10-12-4-2-1-3-5-12/h1-5,16H,6-7,9-11H2,(H,17,18). The lowest BCUT2D eigenvalue weighted by molar-refractivity contribution is 0.128. The normalized spacial score (nSPS) is 21.6. The highest BCUT2D eigenvalue weighted by atomic mass is 16.5. The quantitative estimate of drug-likeness (QED) is 0.860. The lowest BCUT2D eigenvalue weighted by atomic mass is 9.95. The lowest BCUT2D eigenvalue weighted by Gasteiger charge is -2.26. The van der Waals surface area contributed by atoms with Gasteiger partial charge in [-0.1, -0.05) is 30.3 Å². The van der Waals surface area contributed by atoms with Crippen LogP contribution in [-0.2, 0) is 11.3 Å². The fourth-order valence-electron chi connectivity index (χ4n) is 2.17. The summed E-state index contributed by atoms with van der Waals surface area (Å²) in [4.78, 5) is 11.8. The zero-order chi connectivity index (χ0) is 13.6. The van der Waals surface area contributed by atoms with E-state index in [4.69, 9.17) is 10.00 Å². The van der Waals surface area contributed by atoms with Crippen molar-refractivity contribution >= 4 is 6.09 Å². The molecule has 1 aliphatic heterocycles. The van der Waals surface area contributed by atoms with Gasteiger partial charge in [0.05, 0.1) is 18.0 Å². The van der Waals surface area contributed by atoms with E-state index in [0.29, 0.717) is 13.0 Å². The molecule has 1 aliphatic rings. The van der Waals surface area contributed by atoms with Crippen LogP contribution in [0.3, 0.4) is 0 Å². The van der Waals surface area contributed by atoms with Gasteiger partial charge in [-0.15, -0.1) is 0 Å². The van der Waals surface area contributed by atoms with E-state index < -0.39 is 11.6 Å². The predicted molar refractivity (Wildman–Crippen MR) is 70.2 cm³/mol. The molecule has 0 saturated carbocycles. The molecule has 5 heteroatoms. The first-order valence-electron chi connectivity index (χ1n) is 6.31. The Bertz CT molecular complexity index is 461. The molecule has 100 valence electrons. The van der Waals surface area contributed by atoms with Gasteiger partial charge in [0, 0.05) is 6.54 Å². The van der Waals surface area contributed by atoms with Gasteiger partial charge in [0.25, 0.3) is 0 Å². The van der Waals surface area contributed by atoms with Crippen molar-refractivity contribution < 1.29 is 9.53 Å². The van der Waals surface area contributed by atoms with Crippen LogP contribution in [0.4, 0.5) is 4.79 Å². The van der Waals surface area contributed by atoms with Gasteiger partial charge in [0.1, 0.15) is 6.61 Å². The molecule has 0 aliphatic carbocycles. The number of carbonyl (C=O) groups is 1. The number of hydrogen-bond acceptors (Lipinski definition) is 4. The van der Waals surface area contributed by atoms with Crippen molar-refractivity contribution in [3.05, 3.63) is 35.9 Å². The van der Waals surface area contributed by atoms with Crippen LogP contribution in [-0.4, -0.2) is 24.7 Å². The summed E-state index contributed by atoms with van der Waals surface area (Å²) >= 11 is 0. The van der Waals surface area contributed by atoms with E-state index in [1.165, 1.54) is 0 Å². The van der Waals surface area contributed by atoms with Crippen molar-refractivity contribution in [1.29, 1.82) is 5.26 Å². The molecule has 19 heavy (non-hydrogen) atoms. The summed E-state index contributed by atoms with van der Waals surface area (Å²) in [5.41, 5.74) is 0.458. The van der Waals surface area contributed by atoms with Crippen LogP contribution in [0.25, 0.3) is 0 Å². The molecule has 2 N–H and O–H groups in total. The summed E-state index contributed by atoms with van der Waals surface area (Å²) in [5, 5.41) is 14.8. The molecular weight excluding hydrogens is 242 g/mol. The third-order valence-corrected chi connectivity index (χ3v) is 3.24. The second-order valence-electron chi connectivity index (χ2n) is 4.73. The van der Waals surface area contributed by atoms with E-state index in [9.17, 15) is 4.79 Å². The lowest BCUT2D eigenvalue weighted by Crippen LogP contribution is -2.50. The Balaban J connectivity index is 1.85. The minimum atomic E-state index is -0.484. The SMILES string of the molecule is N#CCC1(NC(=O)OCc2ccccc2)CCNC1. The van der Waals surface area contributed by atoms with E-state index >= 15 is 0 Å². The van der Waals surface area contributed by atoms with Crippen molar-refractivity contribution in [3.8, 4) is 6.07 Å². The second-order valence-corrected chi connectivity index (χ2v) is 4.73. The molecule has 0 spiro atoms. The van der Waals surface area contributed by atoms with Gasteiger partial charge in [0.2, 0.25) is 0 Å². The molecule has 1 amide bonds. The minimum absolute atomic E-state index is 0.239. The summed E-state index contributed by atoms with van der Waals surface area (Å²) in [7, 11) is 0. The zero-order valence-electron chi connectivity index (χ0n) is 10.7. The maximum absolute atomic E-state index is 11.8. The van der Waals surface area contributed by atoms with Gasteiger partial charge < -0.3 is 15.4 Å². The van der Waals surface area contributed by atoms with E-state index in [1.807, 2.05) is 30.3 Å². The van der Waals surface area contributed by atoms with Crippen molar-refractivity contribution in [1.82, 2.24) is 10.6 Å². The molecule has 1 unspecified atom stereocenters. The van der Waals surface area contributed by atoms with Crippen LogP contribution in [0.1, 0.15) is 18.4 Å². The molecule has 1 atom stereocenters. The number of nitrogens with zero attached hydrogens (tertiary/aromatic N) is 1. The first-order valence-corrected chi connectivity index (χ1v) is 6.31. The van der Waals surface area contributed by atoms with Crippen LogP contribution in [0.15, 0.2) is 30.3 Å². The van der Waals surface area contributed by atoms with E-state index in [2.05, 4.69) is 16.7 Å². The monoisotopic (exact) mass is 259 g/mol. The van der Waals surface area contributed by atoms with Gasteiger partial charge >= 0.3 is 6.09 Å². The van der Waals surface area contributed by atoms with E-state index in [-0.39, 0.29) is 6.61 Å². The Hall–Kier alpha value is -2.06. The molecule has 0 radical (unpaired) electrons.